The van der Waals surface area contributed by atoms with Crippen LogP contribution in [0.3, 0.4) is 0 Å². The van der Waals surface area contributed by atoms with Crippen LogP contribution in [0.1, 0.15) is 20.8 Å². The molecule has 14 heavy (non-hydrogen) atoms. The van der Waals surface area contributed by atoms with Crippen LogP contribution in [0.2, 0.25) is 0 Å². The van der Waals surface area contributed by atoms with Gasteiger partial charge in [0.25, 0.3) is 0 Å². The lowest BCUT2D eigenvalue weighted by molar-refractivity contribution is -0.858. The van der Waals surface area contributed by atoms with Crippen LogP contribution in [0.5, 0.6) is 0 Å². The molecule has 1 aliphatic rings. The first-order chi connectivity index (χ1) is 6.21. The van der Waals surface area contributed by atoms with Gasteiger partial charge in [-0.3, -0.25) is 4.65 Å². The van der Waals surface area contributed by atoms with Crippen molar-refractivity contribution >= 4 is 29.1 Å². The Morgan fingerprint density at radius 1 is 1.64 bits per heavy atom. The van der Waals surface area contributed by atoms with Gasteiger partial charge in [0.05, 0.1) is 0 Å². The molecule has 4 nitrogen and oxygen atoms in total. The van der Waals surface area contributed by atoms with E-state index in [1.807, 2.05) is 0 Å². The number of ether oxygens (including phenoxy) is 1. The largest absolute Gasteiger partial charge is 0.623 e. The summed E-state index contributed by atoms with van der Waals surface area (Å²) in [5.74, 6) is -0.761. The summed E-state index contributed by atoms with van der Waals surface area (Å²) < 4.78 is 4.24. The first kappa shape index (κ1) is 12.2. The predicted molar refractivity (Wildman–Crippen MR) is 53.6 cm³/mol. The molecule has 0 aromatic rings. The molecule has 1 saturated heterocycles. The van der Waals surface area contributed by atoms with Crippen molar-refractivity contribution in [2.45, 2.75) is 37.4 Å². The van der Waals surface area contributed by atoms with Gasteiger partial charge in [-0.15, -0.1) is 0 Å². The number of alkyl halides is 2. The Kier molecular flexibility index (Phi) is 3.15. The third kappa shape index (κ3) is 1.77. The second-order valence-electron chi connectivity index (χ2n) is 3.94. The van der Waals surface area contributed by atoms with Gasteiger partial charge in [0.2, 0.25) is 10.6 Å². The van der Waals surface area contributed by atoms with Crippen LogP contribution >= 0.6 is 23.2 Å². The second kappa shape index (κ2) is 3.61. The van der Waals surface area contributed by atoms with Gasteiger partial charge in [-0.2, -0.15) is 0 Å². The van der Waals surface area contributed by atoms with E-state index in [1.165, 1.54) is 0 Å². The Morgan fingerprint density at radius 3 is 2.43 bits per heavy atom. The van der Waals surface area contributed by atoms with Gasteiger partial charge in [-0.1, -0.05) is 23.2 Å². The lowest BCUT2D eigenvalue weighted by Gasteiger charge is -2.44. The van der Waals surface area contributed by atoms with Crippen LogP contribution in [-0.4, -0.2) is 33.8 Å². The minimum atomic E-state index is -1.30. The molecular weight excluding hydrogens is 229 g/mol. The molecule has 1 fully saturated rings. The topological polar surface area (TPSA) is 49.4 Å². The lowest BCUT2D eigenvalue weighted by atomic mass is 10.2. The minimum absolute atomic E-state index is 0.0573. The SMILES string of the molecule is CC1C[N+]([O-])(C(=O)C(Cl)Cl)C(C)(C)O1. The predicted octanol–water partition coefficient (Wildman–Crippen LogP) is 1.79. The molecule has 1 amide bonds. The van der Waals surface area contributed by atoms with Gasteiger partial charge in [0, 0.05) is 13.8 Å². The van der Waals surface area contributed by atoms with E-state index in [4.69, 9.17) is 27.9 Å². The van der Waals surface area contributed by atoms with Crippen LogP contribution in [0.25, 0.3) is 0 Å². The zero-order chi connectivity index (χ0) is 11.1. The third-order valence-electron chi connectivity index (χ3n) is 2.42. The molecule has 6 heteroatoms. The van der Waals surface area contributed by atoms with E-state index < -0.39 is 21.1 Å². The zero-order valence-electron chi connectivity index (χ0n) is 8.29. The standard InChI is InChI=1S/C8H13Cl2NO3/c1-5-4-11(13,7(12)6(9)10)8(2,3)14-5/h5-6H,4H2,1-3H3. The van der Waals surface area contributed by atoms with Gasteiger partial charge in [0.1, 0.15) is 12.6 Å². The summed E-state index contributed by atoms with van der Waals surface area (Å²) in [5, 5.41) is 12.2. The van der Waals surface area contributed by atoms with Crippen molar-refractivity contribution in [3.63, 3.8) is 0 Å². The Balaban J connectivity index is 2.99. The van der Waals surface area contributed by atoms with Crippen LogP contribution < -0.4 is 0 Å². The van der Waals surface area contributed by atoms with Crippen LogP contribution in [0.4, 0.5) is 0 Å². The maximum absolute atomic E-state index is 12.2. The molecule has 2 unspecified atom stereocenters. The average molecular weight is 242 g/mol. The average Bonchev–Trinajstić information content (AvgIpc) is 2.20. The zero-order valence-corrected chi connectivity index (χ0v) is 9.80. The molecule has 0 spiro atoms. The number of halogens is 2. The van der Waals surface area contributed by atoms with Gasteiger partial charge in [-0.25, -0.2) is 4.79 Å². The number of carbonyl (C=O) groups is 1. The number of carbonyl (C=O) groups excluding carboxylic acids is 1. The summed E-state index contributed by atoms with van der Waals surface area (Å²) in [4.78, 5) is 10.2. The summed E-state index contributed by atoms with van der Waals surface area (Å²) in [7, 11) is 0. The Labute approximate surface area is 92.9 Å². The van der Waals surface area contributed by atoms with Crippen molar-refractivity contribution in [2.75, 3.05) is 6.54 Å². The highest BCUT2D eigenvalue weighted by atomic mass is 35.5. The van der Waals surface area contributed by atoms with Gasteiger partial charge in [-0.05, 0) is 6.92 Å². The second-order valence-corrected chi connectivity index (χ2v) is 5.03. The van der Waals surface area contributed by atoms with Crippen molar-refractivity contribution < 1.29 is 14.2 Å². The highest BCUT2D eigenvalue weighted by Crippen LogP contribution is 2.36. The van der Waals surface area contributed by atoms with Crippen molar-refractivity contribution in [1.29, 1.82) is 0 Å². The molecule has 1 heterocycles. The van der Waals surface area contributed by atoms with Crippen molar-refractivity contribution in [3.05, 3.63) is 5.21 Å². The maximum Gasteiger partial charge on any atom is 0.349 e. The van der Waals surface area contributed by atoms with E-state index in [1.54, 1.807) is 20.8 Å². The van der Waals surface area contributed by atoms with Gasteiger partial charge in [0.15, 0.2) is 0 Å². The monoisotopic (exact) mass is 241 g/mol. The molecular formula is C8H13Cl2NO3. The summed E-state index contributed by atoms with van der Waals surface area (Å²) in [5.41, 5.74) is -1.11. The first-order valence-corrected chi connectivity index (χ1v) is 5.17. The first-order valence-electron chi connectivity index (χ1n) is 4.30. The lowest BCUT2D eigenvalue weighted by Crippen LogP contribution is -2.59. The number of rotatable bonds is 1. The number of hydrogen-bond acceptors (Lipinski definition) is 3. The fraction of sp³-hybridized carbons (Fsp3) is 0.875. The molecule has 82 valence electrons. The number of hydrogen-bond donors (Lipinski definition) is 0. The van der Waals surface area contributed by atoms with Gasteiger partial charge >= 0.3 is 5.91 Å². The Morgan fingerprint density at radius 2 is 2.14 bits per heavy atom. The van der Waals surface area contributed by atoms with E-state index in [-0.39, 0.29) is 12.6 Å². The summed E-state index contributed by atoms with van der Waals surface area (Å²) >= 11 is 10.8. The number of amides is 1. The number of hydroxylamine groups is 3. The number of quaternary nitrogens is 1. The van der Waals surface area contributed by atoms with E-state index in [0.717, 1.165) is 0 Å². The third-order valence-corrected chi connectivity index (χ3v) is 2.79. The van der Waals surface area contributed by atoms with Crippen LogP contribution in [-0.2, 0) is 9.53 Å². The van der Waals surface area contributed by atoms with E-state index in [2.05, 4.69) is 0 Å². The van der Waals surface area contributed by atoms with Crippen LogP contribution in [0.15, 0.2) is 0 Å². The molecule has 0 bridgehead atoms. The molecule has 0 aromatic carbocycles. The molecule has 1 rings (SSSR count). The quantitative estimate of drug-likeness (QED) is 0.400. The highest BCUT2D eigenvalue weighted by Gasteiger charge is 2.53. The Bertz CT molecular complexity index is 257. The fourth-order valence-electron chi connectivity index (χ4n) is 1.71. The smallest absolute Gasteiger partial charge is 0.349 e. The molecule has 0 radical (unpaired) electrons. The van der Waals surface area contributed by atoms with Crippen molar-refractivity contribution in [1.82, 2.24) is 0 Å². The van der Waals surface area contributed by atoms with Crippen molar-refractivity contribution in [2.24, 2.45) is 0 Å². The molecule has 0 saturated carbocycles. The van der Waals surface area contributed by atoms with Crippen LogP contribution in [0, 0.1) is 5.21 Å². The summed E-state index contributed by atoms with van der Waals surface area (Å²) in [6.45, 7) is 4.93. The number of nitrogens with zero attached hydrogens (tertiary/aromatic N) is 1. The van der Waals surface area contributed by atoms with E-state index >= 15 is 0 Å². The Hall–Kier alpha value is 0.130. The maximum atomic E-state index is 12.2. The van der Waals surface area contributed by atoms with E-state index in [9.17, 15) is 10.0 Å². The highest BCUT2D eigenvalue weighted by molar-refractivity contribution is 6.52. The minimum Gasteiger partial charge on any atom is -0.623 e. The molecule has 0 aliphatic carbocycles. The summed E-state index contributed by atoms with van der Waals surface area (Å²) in [6, 6.07) is 0. The normalized spacial score (nSPS) is 36.4. The molecule has 0 N–H and O–H groups in total. The molecule has 2 atom stereocenters. The fourth-order valence-corrected chi connectivity index (χ4v) is 2.02. The van der Waals surface area contributed by atoms with Gasteiger partial charge < -0.3 is 9.94 Å². The van der Waals surface area contributed by atoms with E-state index in [0.29, 0.717) is 0 Å². The molecule has 0 aromatic heterocycles. The summed E-state index contributed by atoms with van der Waals surface area (Å²) in [6.07, 6.45) is -0.265. The molecule has 1 aliphatic heterocycles. The van der Waals surface area contributed by atoms with Crippen molar-refractivity contribution in [3.8, 4) is 0 Å².